The molecule has 5 aromatic rings. The second-order valence-corrected chi connectivity index (χ2v) is 12.5. The highest BCUT2D eigenvalue weighted by molar-refractivity contribution is 7.12. The van der Waals surface area contributed by atoms with Crippen molar-refractivity contribution < 1.29 is 9.59 Å². The molecule has 2 amide bonds. The van der Waals surface area contributed by atoms with Gasteiger partial charge in [-0.3, -0.25) is 9.59 Å². The Morgan fingerprint density at radius 3 is 2.31 bits per heavy atom. The van der Waals surface area contributed by atoms with Crippen molar-refractivity contribution in [1.29, 1.82) is 0 Å². The Morgan fingerprint density at radius 2 is 1.60 bits per heavy atom. The molecule has 0 saturated carbocycles. The smallest absolute Gasteiger partial charge is 0.247 e. The second kappa shape index (κ2) is 13.8. The summed E-state index contributed by atoms with van der Waals surface area (Å²) in [6.07, 6.45) is 9.68. The number of nitrogens with zero attached hydrogens (tertiary/aromatic N) is 5. The van der Waals surface area contributed by atoms with Gasteiger partial charge in [0.2, 0.25) is 11.8 Å². The average Bonchev–Trinajstić information content (AvgIpc) is 3.41. The molecule has 0 saturated heterocycles. The Hall–Kier alpha value is -4.95. The lowest BCUT2D eigenvalue weighted by atomic mass is 9.97. The Bertz CT molecular complexity index is 1800. The molecule has 226 valence electrons. The Balaban J connectivity index is 1.35. The van der Waals surface area contributed by atoms with Crippen LogP contribution in [-0.4, -0.2) is 49.2 Å². The van der Waals surface area contributed by atoms with E-state index >= 15 is 0 Å². The Labute approximate surface area is 267 Å². The highest BCUT2D eigenvalue weighted by atomic mass is 32.1. The number of fused-ring (bicyclic) bond motifs is 1. The summed E-state index contributed by atoms with van der Waals surface area (Å²) in [6.45, 7) is 5.33. The van der Waals surface area contributed by atoms with Crippen LogP contribution >= 0.6 is 11.3 Å². The van der Waals surface area contributed by atoms with Crippen LogP contribution in [0.25, 0.3) is 17.2 Å². The van der Waals surface area contributed by atoms with Gasteiger partial charge >= 0.3 is 0 Å². The number of aromatic nitrogens is 3. The first-order valence-corrected chi connectivity index (χ1v) is 15.9. The summed E-state index contributed by atoms with van der Waals surface area (Å²) in [4.78, 5) is 46.0. The predicted octanol–water partition coefficient (Wildman–Crippen LogP) is 6.46. The van der Waals surface area contributed by atoms with E-state index in [2.05, 4.69) is 27.1 Å². The van der Waals surface area contributed by atoms with Crippen molar-refractivity contribution in [2.24, 2.45) is 0 Å². The van der Waals surface area contributed by atoms with Gasteiger partial charge in [0.05, 0.1) is 15.6 Å². The second-order valence-electron chi connectivity index (χ2n) is 11.3. The number of hydrogen-bond donors (Lipinski definition) is 0. The van der Waals surface area contributed by atoms with E-state index in [0.717, 1.165) is 49.8 Å². The van der Waals surface area contributed by atoms with E-state index in [9.17, 15) is 9.59 Å². The van der Waals surface area contributed by atoms with Gasteiger partial charge in [0.15, 0.2) is 0 Å². The molecule has 1 aliphatic rings. The summed E-state index contributed by atoms with van der Waals surface area (Å²) in [5.74, 6) is -0.259. The standard InChI is InChI=1S/C37H35N5O2S/c1-26-35(45-27(2)40-26)16-17-36(43)42(23-29-12-14-31(15-13-29)33-21-38-25-39-22-33)34(20-28-8-4-3-5-9-28)37(44)41-19-18-30-10-6-7-11-32(30)24-41/h3-17,21-22,25,34H,18-20,23-24H2,1-2H3. The number of aryl methyl sites for hydroxylation is 2. The van der Waals surface area contributed by atoms with Gasteiger partial charge in [-0.25, -0.2) is 15.0 Å². The van der Waals surface area contributed by atoms with E-state index in [4.69, 9.17) is 0 Å². The molecule has 1 aliphatic heterocycles. The van der Waals surface area contributed by atoms with Crippen molar-refractivity contribution >= 4 is 29.2 Å². The summed E-state index contributed by atoms with van der Waals surface area (Å²) in [7, 11) is 0. The molecule has 0 N–H and O–H groups in total. The maximum Gasteiger partial charge on any atom is 0.247 e. The summed E-state index contributed by atoms with van der Waals surface area (Å²) >= 11 is 1.55. The normalized spacial score (nSPS) is 13.4. The summed E-state index contributed by atoms with van der Waals surface area (Å²) in [6, 6.07) is 25.6. The largest absolute Gasteiger partial charge is 0.336 e. The SMILES string of the molecule is Cc1nc(C)c(C=CC(=O)N(Cc2ccc(-c3cncnc3)cc2)C(Cc2ccccc2)C(=O)N2CCc3ccccc3C2)s1. The van der Waals surface area contributed by atoms with Crippen molar-refractivity contribution in [2.75, 3.05) is 6.54 Å². The Morgan fingerprint density at radius 1 is 0.889 bits per heavy atom. The number of carbonyl (C=O) groups excluding carboxylic acids is 2. The van der Waals surface area contributed by atoms with Crippen LogP contribution in [0.5, 0.6) is 0 Å². The molecule has 0 spiro atoms. The van der Waals surface area contributed by atoms with Gasteiger partial charge in [-0.2, -0.15) is 0 Å². The van der Waals surface area contributed by atoms with Gasteiger partial charge in [0.25, 0.3) is 0 Å². The Kier molecular flexibility index (Phi) is 9.22. The summed E-state index contributed by atoms with van der Waals surface area (Å²) in [5.41, 5.74) is 7.15. The quantitative estimate of drug-likeness (QED) is 0.179. The van der Waals surface area contributed by atoms with Crippen molar-refractivity contribution in [3.05, 3.63) is 141 Å². The zero-order chi connectivity index (χ0) is 31.2. The van der Waals surface area contributed by atoms with Crippen LogP contribution in [0.15, 0.2) is 104 Å². The fourth-order valence-electron chi connectivity index (χ4n) is 5.80. The third-order valence-corrected chi connectivity index (χ3v) is 9.21. The van der Waals surface area contributed by atoms with E-state index in [1.165, 1.54) is 11.9 Å². The van der Waals surface area contributed by atoms with E-state index in [1.807, 2.05) is 91.6 Å². The summed E-state index contributed by atoms with van der Waals surface area (Å²) < 4.78 is 0. The topological polar surface area (TPSA) is 79.3 Å². The molecule has 6 rings (SSSR count). The lowest BCUT2D eigenvalue weighted by Gasteiger charge is -2.37. The average molecular weight is 614 g/mol. The van der Waals surface area contributed by atoms with Crippen LogP contribution in [0, 0.1) is 13.8 Å². The number of rotatable bonds is 9. The molecule has 0 radical (unpaired) electrons. The minimum Gasteiger partial charge on any atom is -0.336 e. The first-order valence-electron chi connectivity index (χ1n) is 15.1. The molecular formula is C37H35N5O2S. The molecule has 1 unspecified atom stereocenters. The highest BCUT2D eigenvalue weighted by Gasteiger charge is 2.34. The van der Waals surface area contributed by atoms with Crippen LogP contribution in [0.2, 0.25) is 0 Å². The van der Waals surface area contributed by atoms with E-state index in [0.29, 0.717) is 19.5 Å². The van der Waals surface area contributed by atoms with Crippen LogP contribution in [0.1, 0.15) is 37.8 Å². The van der Waals surface area contributed by atoms with Gasteiger partial charge in [0.1, 0.15) is 12.4 Å². The zero-order valence-corrected chi connectivity index (χ0v) is 26.3. The van der Waals surface area contributed by atoms with Crippen molar-refractivity contribution in [1.82, 2.24) is 24.8 Å². The van der Waals surface area contributed by atoms with E-state index in [1.54, 1.807) is 34.7 Å². The maximum absolute atomic E-state index is 14.5. The maximum atomic E-state index is 14.5. The van der Waals surface area contributed by atoms with Crippen LogP contribution < -0.4 is 0 Å². The van der Waals surface area contributed by atoms with Crippen LogP contribution in [0.4, 0.5) is 0 Å². The first kappa shape index (κ1) is 30.1. The molecule has 8 heteroatoms. The number of benzene rings is 3. The van der Waals surface area contributed by atoms with E-state index < -0.39 is 6.04 Å². The van der Waals surface area contributed by atoms with Crippen molar-refractivity contribution in [2.45, 2.75) is 45.8 Å². The molecule has 7 nitrogen and oxygen atoms in total. The van der Waals surface area contributed by atoms with Gasteiger partial charge in [0, 0.05) is 50.1 Å². The fraction of sp³-hybridized carbons (Fsp3) is 0.216. The molecule has 1 atom stereocenters. The van der Waals surface area contributed by atoms with Gasteiger partial charge in [-0.15, -0.1) is 11.3 Å². The highest BCUT2D eigenvalue weighted by Crippen LogP contribution is 2.25. The molecular weight excluding hydrogens is 579 g/mol. The van der Waals surface area contributed by atoms with E-state index in [-0.39, 0.29) is 18.4 Å². The minimum atomic E-state index is -0.693. The first-order chi connectivity index (χ1) is 21.9. The third-order valence-electron chi connectivity index (χ3n) is 8.18. The minimum absolute atomic E-state index is 0.0435. The number of thiazole rings is 1. The van der Waals surface area contributed by atoms with Gasteiger partial charge in [-0.05, 0) is 54.2 Å². The molecule has 0 fully saturated rings. The number of hydrogen-bond acceptors (Lipinski definition) is 6. The molecule has 45 heavy (non-hydrogen) atoms. The molecule has 3 aromatic carbocycles. The summed E-state index contributed by atoms with van der Waals surface area (Å²) in [5, 5.41) is 0.947. The molecule has 3 heterocycles. The lowest BCUT2D eigenvalue weighted by Crippen LogP contribution is -2.52. The lowest BCUT2D eigenvalue weighted by molar-refractivity contribution is -0.144. The molecule has 0 bridgehead atoms. The fourth-order valence-corrected chi connectivity index (χ4v) is 6.63. The van der Waals surface area contributed by atoms with Crippen LogP contribution in [-0.2, 0) is 35.5 Å². The zero-order valence-electron chi connectivity index (χ0n) is 25.5. The predicted molar refractivity (Wildman–Crippen MR) is 178 cm³/mol. The number of amides is 2. The number of carbonyl (C=O) groups is 2. The molecule has 2 aromatic heterocycles. The van der Waals surface area contributed by atoms with Crippen molar-refractivity contribution in [3.63, 3.8) is 0 Å². The molecule has 0 aliphatic carbocycles. The van der Waals surface area contributed by atoms with Crippen LogP contribution in [0.3, 0.4) is 0 Å². The van der Waals surface area contributed by atoms with Crippen molar-refractivity contribution in [3.8, 4) is 11.1 Å². The monoisotopic (exact) mass is 613 g/mol. The van der Waals surface area contributed by atoms with Gasteiger partial charge in [-0.1, -0.05) is 78.9 Å². The third kappa shape index (κ3) is 7.24. The van der Waals surface area contributed by atoms with Gasteiger partial charge < -0.3 is 9.80 Å².